The molecule has 1 fully saturated rings. The van der Waals surface area contributed by atoms with E-state index in [-0.39, 0.29) is 16.6 Å². The minimum Gasteiger partial charge on any atom is -0.385 e. The first-order valence-corrected chi connectivity index (χ1v) is 13.4. The van der Waals surface area contributed by atoms with Gasteiger partial charge in [-0.15, -0.1) is 0 Å². The maximum absolute atomic E-state index is 13.1. The highest BCUT2D eigenvalue weighted by atomic mass is 32.2. The van der Waals surface area contributed by atoms with E-state index in [1.807, 2.05) is 17.5 Å². The van der Waals surface area contributed by atoms with Crippen LogP contribution in [0.15, 0.2) is 77.3 Å². The predicted molar refractivity (Wildman–Crippen MR) is 130 cm³/mol. The van der Waals surface area contributed by atoms with E-state index >= 15 is 0 Å². The van der Waals surface area contributed by atoms with E-state index in [4.69, 9.17) is 0 Å². The molecule has 0 aliphatic carbocycles. The first-order valence-electron chi connectivity index (χ1n) is 10.9. The van der Waals surface area contributed by atoms with Crippen LogP contribution in [0.4, 0.5) is 0 Å². The van der Waals surface area contributed by atoms with Gasteiger partial charge in [-0.05, 0) is 54.2 Å². The molecular weight excluding hydrogens is 470 g/mol. The number of carbonyl (C=O) groups excluding carboxylic acids is 1. The molecule has 1 saturated heterocycles. The zero-order valence-electron chi connectivity index (χ0n) is 18.3. The van der Waals surface area contributed by atoms with Gasteiger partial charge >= 0.3 is 0 Å². The lowest BCUT2D eigenvalue weighted by atomic mass is 9.86. The summed E-state index contributed by atoms with van der Waals surface area (Å²) in [6.45, 7) is 0.880. The lowest BCUT2D eigenvalue weighted by Gasteiger charge is -2.37. The second-order valence-corrected chi connectivity index (χ2v) is 11.1. The van der Waals surface area contributed by atoms with Crippen LogP contribution in [0.2, 0.25) is 0 Å². The lowest BCUT2D eigenvalue weighted by molar-refractivity contribution is -0.0209. The summed E-state index contributed by atoms with van der Waals surface area (Å²) in [6.07, 6.45) is 4.17. The number of carbonyl (C=O) groups is 1. The van der Waals surface area contributed by atoms with Crippen molar-refractivity contribution in [2.45, 2.75) is 29.1 Å². The number of hydrogen-bond acceptors (Lipinski definition) is 7. The van der Waals surface area contributed by atoms with Gasteiger partial charge in [0.15, 0.2) is 9.84 Å². The van der Waals surface area contributed by atoms with Crippen LogP contribution in [-0.4, -0.2) is 46.8 Å². The number of aromatic nitrogens is 2. The minimum atomic E-state index is -3.62. The summed E-state index contributed by atoms with van der Waals surface area (Å²) in [5.41, 5.74) is 1.41. The second-order valence-electron chi connectivity index (χ2n) is 8.52. The Bertz CT molecular complexity index is 1420. The van der Waals surface area contributed by atoms with E-state index in [9.17, 15) is 18.3 Å². The Morgan fingerprint density at radius 3 is 2.50 bits per heavy atom. The molecule has 4 aromatic rings. The highest BCUT2D eigenvalue weighted by molar-refractivity contribution is 7.90. The van der Waals surface area contributed by atoms with Crippen molar-refractivity contribution in [1.29, 1.82) is 0 Å². The summed E-state index contributed by atoms with van der Waals surface area (Å²) in [6, 6.07) is 15.4. The molecule has 0 spiro atoms. The van der Waals surface area contributed by atoms with Crippen molar-refractivity contribution in [2.24, 2.45) is 0 Å². The molecule has 1 aliphatic heterocycles. The Hall–Kier alpha value is -3.14. The average molecular weight is 494 g/mol. The van der Waals surface area contributed by atoms with Gasteiger partial charge in [0, 0.05) is 47.4 Å². The largest absolute Gasteiger partial charge is 0.385 e. The van der Waals surface area contributed by atoms with Crippen molar-refractivity contribution in [2.75, 3.05) is 13.1 Å². The summed E-state index contributed by atoms with van der Waals surface area (Å²) in [4.78, 5) is 19.1. The van der Waals surface area contributed by atoms with Crippen LogP contribution in [0.1, 0.15) is 34.3 Å². The van der Waals surface area contributed by atoms with Crippen LogP contribution in [0.5, 0.6) is 0 Å². The molecule has 1 N–H and O–H groups in total. The van der Waals surface area contributed by atoms with E-state index in [0.29, 0.717) is 42.6 Å². The number of aliphatic hydroxyl groups is 1. The number of hydrogen-bond donors (Lipinski definition) is 1. The Morgan fingerprint density at radius 1 is 1.06 bits per heavy atom. The fourth-order valence-electron chi connectivity index (χ4n) is 4.35. The predicted octanol–water partition coefficient (Wildman–Crippen LogP) is 3.79. The molecule has 5 rings (SSSR count). The van der Waals surface area contributed by atoms with Crippen LogP contribution in [0.3, 0.4) is 0 Å². The number of nitrogens with zero attached hydrogens (tertiary/aromatic N) is 3. The molecule has 0 saturated carbocycles. The number of amides is 1. The van der Waals surface area contributed by atoms with Crippen LogP contribution < -0.4 is 0 Å². The number of benzene rings is 2. The van der Waals surface area contributed by atoms with Gasteiger partial charge in [-0.1, -0.05) is 30.3 Å². The second kappa shape index (κ2) is 8.90. The van der Waals surface area contributed by atoms with Crippen LogP contribution >= 0.6 is 11.5 Å². The smallest absolute Gasteiger partial charge is 0.253 e. The molecule has 34 heavy (non-hydrogen) atoms. The normalized spacial score (nSPS) is 16.0. The van der Waals surface area contributed by atoms with Gasteiger partial charge in [0.05, 0.1) is 21.8 Å². The fourth-order valence-corrected chi connectivity index (χ4v) is 6.52. The zero-order valence-corrected chi connectivity index (χ0v) is 19.9. The number of rotatable bonds is 5. The SMILES string of the molecule is O=C(c1ccc(CS(=O)(=O)c2cccc3cccnc23)cc1)N1CCC(O)(c2cnsc2)CC1. The third-order valence-corrected chi connectivity index (χ3v) is 8.64. The quantitative estimate of drug-likeness (QED) is 0.454. The Kier molecular flexibility index (Phi) is 5.93. The van der Waals surface area contributed by atoms with Crippen molar-refractivity contribution >= 4 is 38.2 Å². The van der Waals surface area contributed by atoms with Gasteiger partial charge in [-0.25, -0.2) is 12.8 Å². The number of sulfone groups is 1. The van der Waals surface area contributed by atoms with Crippen molar-refractivity contribution in [3.05, 3.63) is 89.1 Å². The highest BCUT2D eigenvalue weighted by Crippen LogP contribution is 2.33. The standard InChI is InChI=1S/C25H23N3O4S2/c29-24(28-13-10-25(30,11-14-28)21-15-27-33-16-21)20-8-6-18(7-9-20)17-34(31,32)22-5-1-3-19-4-2-12-26-23(19)22/h1-9,12,15-16,30H,10-11,13-14,17H2. The summed E-state index contributed by atoms with van der Waals surface area (Å²) >= 11 is 1.30. The monoisotopic (exact) mass is 493 g/mol. The third kappa shape index (κ3) is 4.34. The number of piperidine rings is 1. The topological polar surface area (TPSA) is 100 Å². The molecule has 2 aromatic carbocycles. The molecular formula is C25H23N3O4S2. The Balaban J connectivity index is 1.28. The molecule has 2 aromatic heterocycles. The van der Waals surface area contributed by atoms with Gasteiger partial charge in [0.2, 0.25) is 0 Å². The number of likely N-dealkylation sites (tertiary alicyclic amines) is 1. The maximum Gasteiger partial charge on any atom is 0.253 e. The fraction of sp³-hybridized carbons (Fsp3) is 0.240. The van der Waals surface area contributed by atoms with Crippen LogP contribution in [-0.2, 0) is 21.2 Å². The van der Waals surface area contributed by atoms with Gasteiger partial charge < -0.3 is 10.0 Å². The number of para-hydroxylation sites is 1. The molecule has 0 radical (unpaired) electrons. The van der Waals surface area contributed by atoms with Gasteiger partial charge in [-0.2, -0.15) is 0 Å². The zero-order chi connectivity index (χ0) is 23.8. The Labute approximate surface area is 201 Å². The molecule has 1 aliphatic rings. The van der Waals surface area contributed by atoms with Crippen molar-refractivity contribution < 1.29 is 18.3 Å². The van der Waals surface area contributed by atoms with Crippen molar-refractivity contribution in [3.8, 4) is 0 Å². The molecule has 9 heteroatoms. The summed E-state index contributed by atoms with van der Waals surface area (Å²) in [5.74, 6) is -0.305. The number of pyridine rings is 1. The summed E-state index contributed by atoms with van der Waals surface area (Å²) < 4.78 is 30.3. The molecule has 0 unspecified atom stereocenters. The first kappa shape index (κ1) is 22.6. The Morgan fingerprint density at radius 2 is 1.79 bits per heavy atom. The summed E-state index contributed by atoms with van der Waals surface area (Å²) in [7, 11) is -3.62. The van der Waals surface area contributed by atoms with E-state index in [1.54, 1.807) is 59.8 Å². The maximum atomic E-state index is 13.1. The molecule has 0 atom stereocenters. The van der Waals surface area contributed by atoms with Crippen molar-refractivity contribution in [1.82, 2.24) is 14.3 Å². The van der Waals surface area contributed by atoms with E-state index in [2.05, 4.69) is 9.36 Å². The van der Waals surface area contributed by atoms with E-state index in [0.717, 1.165) is 10.9 Å². The molecule has 7 nitrogen and oxygen atoms in total. The van der Waals surface area contributed by atoms with Crippen LogP contribution in [0.25, 0.3) is 10.9 Å². The third-order valence-electron chi connectivity index (χ3n) is 6.34. The molecule has 174 valence electrons. The minimum absolute atomic E-state index is 0.127. The number of fused-ring (bicyclic) bond motifs is 1. The summed E-state index contributed by atoms with van der Waals surface area (Å²) in [5, 5.41) is 13.5. The van der Waals surface area contributed by atoms with Crippen LogP contribution in [0, 0.1) is 0 Å². The van der Waals surface area contributed by atoms with E-state index in [1.165, 1.54) is 11.5 Å². The van der Waals surface area contributed by atoms with Gasteiger partial charge in [0.25, 0.3) is 5.91 Å². The van der Waals surface area contributed by atoms with Gasteiger partial charge in [0.1, 0.15) is 0 Å². The average Bonchev–Trinajstić information content (AvgIpc) is 3.40. The first-order chi connectivity index (χ1) is 16.4. The van der Waals surface area contributed by atoms with E-state index < -0.39 is 15.4 Å². The molecule has 1 amide bonds. The lowest BCUT2D eigenvalue weighted by Crippen LogP contribution is -2.45. The molecule has 0 bridgehead atoms. The molecule has 3 heterocycles. The van der Waals surface area contributed by atoms with Crippen molar-refractivity contribution in [3.63, 3.8) is 0 Å². The van der Waals surface area contributed by atoms with Gasteiger partial charge in [-0.3, -0.25) is 9.78 Å². The highest BCUT2D eigenvalue weighted by Gasteiger charge is 2.36.